The molecule has 3 heterocycles. The second-order valence-corrected chi connectivity index (χ2v) is 9.22. The van der Waals surface area contributed by atoms with Crippen LogP contribution in [-0.4, -0.2) is 58.4 Å². The van der Waals surface area contributed by atoms with Crippen molar-refractivity contribution in [2.45, 2.75) is 45.1 Å². The molecule has 3 N–H and O–H groups in total. The third-order valence-corrected chi connectivity index (χ3v) is 6.81. The Morgan fingerprint density at radius 3 is 2.56 bits per heavy atom. The van der Waals surface area contributed by atoms with E-state index in [0.29, 0.717) is 60.8 Å². The Hall–Kier alpha value is -2.85. The van der Waals surface area contributed by atoms with E-state index >= 15 is 0 Å². The van der Waals surface area contributed by atoms with Gasteiger partial charge in [-0.3, -0.25) is 4.57 Å². The molecular weight excluding hydrogens is 440 g/mol. The number of imidazole rings is 1. The maximum atomic E-state index is 14.1. The molecule has 2 aliphatic rings. The van der Waals surface area contributed by atoms with Crippen LogP contribution in [0.1, 0.15) is 43.5 Å². The number of para-hydroxylation sites is 1. The van der Waals surface area contributed by atoms with Gasteiger partial charge in [0.05, 0.1) is 24.2 Å². The molecular formula is C24H31F2N7O. The molecule has 10 heteroatoms. The highest BCUT2D eigenvalue weighted by atomic mass is 19.3. The number of aromatic nitrogens is 4. The van der Waals surface area contributed by atoms with Gasteiger partial charge in [0.2, 0.25) is 5.95 Å². The summed E-state index contributed by atoms with van der Waals surface area (Å²) < 4.78 is 35.1. The van der Waals surface area contributed by atoms with Gasteiger partial charge in [-0.2, -0.15) is 9.97 Å². The van der Waals surface area contributed by atoms with Gasteiger partial charge >= 0.3 is 0 Å². The Bertz CT molecular complexity index is 1140. The van der Waals surface area contributed by atoms with Crippen molar-refractivity contribution < 1.29 is 13.5 Å². The predicted molar refractivity (Wildman–Crippen MR) is 128 cm³/mol. The smallest absolute Gasteiger partial charge is 0.296 e. The number of nitrogens with two attached hydrogens (primary N) is 1. The highest BCUT2D eigenvalue weighted by Crippen LogP contribution is 2.31. The summed E-state index contributed by atoms with van der Waals surface area (Å²) in [5.74, 6) is 1.68. The third-order valence-electron chi connectivity index (χ3n) is 6.81. The molecule has 0 atom stereocenters. The van der Waals surface area contributed by atoms with E-state index in [1.54, 1.807) is 12.1 Å². The van der Waals surface area contributed by atoms with Gasteiger partial charge in [-0.15, -0.1) is 0 Å². The Kier molecular flexibility index (Phi) is 6.60. The minimum atomic E-state index is -2.74. The second-order valence-electron chi connectivity index (χ2n) is 9.22. The zero-order valence-corrected chi connectivity index (χ0v) is 19.4. The Balaban J connectivity index is 1.54. The number of benzene rings is 1. The quantitative estimate of drug-likeness (QED) is 0.564. The number of ether oxygens (including phenoxy) is 1. The number of nitrogens with zero attached hydrogens (tertiary/aromatic N) is 5. The van der Waals surface area contributed by atoms with E-state index in [9.17, 15) is 8.78 Å². The average Bonchev–Trinajstić information content (AvgIpc) is 3.26. The number of halogens is 2. The molecule has 5 rings (SSSR count). The number of rotatable bonds is 6. The summed E-state index contributed by atoms with van der Waals surface area (Å²) in [7, 11) is 0. The van der Waals surface area contributed by atoms with Crippen LogP contribution < -0.4 is 16.0 Å². The summed E-state index contributed by atoms with van der Waals surface area (Å²) in [6, 6.07) is 7.58. The number of anilines is 2. The number of fused-ring (bicyclic) bond motifs is 1. The van der Waals surface area contributed by atoms with Crippen LogP contribution in [-0.2, 0) is 4.74 Å². The average molecular weight is 472 g/mol. The van der Waals surface area contributed by atoms with Gasteiger partial charge in [0, 0.05) is 31.7 Å². The fourth-order valence-electron chi connectivity index (χ4n) is 4.84. The molecule has 1 saturated heterocycles. The monoisotopic (exact) mass is 471 g/mol. The SMILES string of the molecule is Cc1cccc2c1nc(C(F)F)n2-c1cc(N2CCOCC2)nc(NCC2CCC(N)CC2)n1. The lowest BCUT2D eigenvalue weighted by atomic mass is 9.86. The Morgan fingerprint density at radius 1 is 1.09 bits per heavy atom. The standard InChI is InChI=1S/C24H31F2N7O/c1-15-3-2-4-18-21(15)31-23(22(25)26)33(18)20-13-19(32-9-11-34-12-10-32)29-24(30-20)28-14-16-5-7-17(27)8-6-16/h2-4,13,16-17,22H,5-12,14,27H2,1H3,(H,28,29,30). The molecule has 0 bridgehead atoms. The molecule has 1 saturated carbocycles. The summed E-state index contributed by atoms with van der Waals surface area (Å²) in [5, 5.41) is 3.38. The first-order chi connectivity index (χ1) is 16.5. The molecule has 34 heavy (non-hydrogen) atoms. The molecule has 2 aromatic heterocycles. The Labute approximate surface area is 197 Å². The Morgan fingerprint density at radius 2 is 1.82 bits per heavy atom. The number of hydrogen-bond donors (Lipinski definition) is 2. The van der Waals surface area contributed by atoms with Crippen LogP contribution in [0.5, 0.6) is 0 Å². The normalized spacial score (nSPS) is 21.4. The van der Waals surface area contributed by atoms with Gasteiger partial charge in [-0.05, 0) is 50.2 Å². The molecule has 1 aromatic carbocycles. The maximum Gasteiger partial charge on any atom is 0.296 e. The number of alkyl halides is 2. The first-order valence-corrected chi connectivity index (χ1v) is 12.0. The van der Waals surface area contributed by atoms with E-state index in [0.717, 1.165) is 37.8 Å². The molecule has 182 valence electrons. The lowest BCUT2D eigenvalue weighted by Crippen LogP contribution is -2.37. The molecule has 0 radical (unpaired) electrons. The van der Waals surface area contributed by atoms with Crippen molar-refractivity contribution in [2.75, 3.05) is 43.1 Å². The number of morpholine rings is 1. The van der Waals surface area contributed by atoms with Crippen molar-refractivity contribution in [1.82, 2.24) is 19.5 Å². The van der Waals surface area contributed by atoms with Crippen molar-refractivity contribution in [3.8, 4) is 5.82 Å². The van der Waals surface area contributed by atoms with Crippen LogP contribution in [0, 0.1) is 12.8 Å². The highest BCUT2D eigenvalue weighted by Gasteiger charge is 2.24. The van der Waals surface area contributed by atoms with Gasteiger partial charge in [-0.25, -0.2) is 13.8 Å². The predicted octanol–water partition coefficient (Wildman–Crippen LogP) is 3.83. The zero-order chi connectivity index (χ0) is 23.7. The van der Waals surface area contributed by atoms with Crippen molar-refractivity contribution >= 4 is 22.8 Å². The van der Waals surface area contributed by atoms with E-state index < -0.39 is 6.43 Å². The topological polar surface area (TPSA) is 94.1 Å². The van der Waals surface area contributed by atoms with Gasteiger partial charge in [-0.1, -0.05) is 12.1 Å². The minimum Gasteiger partial charge on any atom is -0.378 e. The number of hydrogen-bond acceptors (Lipinski definition) is 7. The largest absolute Gasteiger partial charge is 0.378 e. The van der Waals surface area contributed by atoms with Crippen LogP contribution in [0.15, 0.2) is 24.3 Å². The van der Waals surface area contributed by atoms with Crippen molar-refractivity contribution in [1.29, 1.82) is 0 Å². The molecule has 8 nitrogen and oxygen atoms in total. The lowest BCUT2D eigenvalue weighted by molar-refractivity contribution is 0.122. The van der Waals surface area contributed by atoms with Gasteiger partial charge in [0.25, 0.3) is 6.43 Å². The number of nitrogens with one attached hydrogen (secondary N) is 1. The fraction of sp³-hybridized carbons (Fsp3) is 0.542. The molecule has 2 fully saturated rings. The van der Waals surface area contributed by atoms with Crippen LogP contribution in [0.4, 0.5) is 20.5 Å². The number of aryl methyl sites for hydroxylation is 1. The van der Waals surface area contributed by atoms with E-state index in [2.05, 4.69) is 20.2 Å². The van der Waals surface area contributed by atoms with Crippen LogP contribution in [0.25, 0.3) is 16.9 Å². The summed E-state index contributed by atoms with van der Waals surface area (Å²) in [5.41, 5.74) is 8.05. The molecule has 0 spiro atoms. The van der Waals surface area contributed by atoms with Crippen molar-refractivity contribution in [2.24, 2.45) is 11.7 Å². The van der Waals surface area contributed by atoms with Gasteiger partial charge < -0.3 is 20.7 Å². The lowest BCUT2D eigenvalue weighted by Gasteiger charge is -2.29. The summed E-state index contributed by atoms with van der Waals surface area (Å²) in [4.78, 5) is 15.8. The first kappa shape index (κ1) is 22.9. The van der Waals surface area contributed by atoms with E-state index in [1.807, 2.05) is 19.1 Å². The molecule has 0 amide bonds. The molecule has 1 aliphatic carbocycles. The summed E-state index contributed by atoms with van der Waals surface area (Å²) in [6.45, 7) is 5.16. The van der Waals surface area contributed by atoms with Crippen molar-refractivity contribution in [3.63, 3.8) is 0 Å². The van der Waals surface area contributed by atoms with E-state index in [1.165, 1.54) is 4.57 Å². The highest BCUT2D eigenvalue weighted by molar-refractivity contribution is 5.81. The second kappa shape index (κ2) is 9.79. The van der Waals surface area contributed by atoms with Gasteiger partial charge in [0.15, 0.2) is 5.82 Å². The molecule has 0 unspecified atom stereocenters. The zero-order valence-electron chi connectivity index (χ0n) is 19.4. The van der Waals surface area contributed by atoms with E-state index in [-0.39, 0.29) is 11.9 Å². The third kappa shape index (κ3) is 4.69. The van der Waals surface area contributed by atoms with Gasteiger partial charge in [0.1, 0.15) is 11.6 Å². The summed E-state index contributed by atoms with van der Waals surface area (Å²) >= 11 is 0. The first-order valence-electron chi connectivity index (χ1n) is 12.0. The molecule has 3 aromatic rings. The molecule has 1 aliphatic heterocycles. The van der Waals surface area contributed by atoms with Crippen molar-refractivity contribution in [3.05, 3.63) is 35.7 Å². The maximum absolute atomic E-state index is 14.1. The minimum absolute atomic E-state index is 0.287. The van der Waals surface area contributed by atoms with Crippen LogP contribution in [0.3, 0.4) is 0 Å². The summed E-state index contributed by atoms with van der Waals surface area (Å²) in [6.07, 6.45) is 1.42. The van der Waals surface area contributed by atoms with E-state index in [4.69, 9.17) is 15.5 Å². The van der Waals surface area contributed by atoms with Crippen LogP contribution >= 0.6 is 0 Å². The van der Waals surface area contributed by atoms with Crippen LogP contribution in [0.2, 0.25) is 0 Å². The fourth-order valence-corrected chi connectivity index (χ4v) is 4.84.